The van der Waals surface area contributed by atoms with Gasteiger partial charge in [-0.2, -0.15) is 9.13 Å². The standard InChI is InChI=1S/C59H52N3O/c1-7-51-45-23-15-14-22-44(45)46-29-26-41-27-31-48-47-30-28-42(39-18-10-8-11-19-39)35-55(47)63-58(48)56(41)59-61(38(6)32-52(46)60-51)53-24-16-17-25-54(53)62(59)57-49(36(2)3)33-43(34-50(57)37(4)5)40-20-12-9-13-21-40/h7-25,27-28,30-31,33-37,46,52H,1,6,26,29,32H2,2-5H3/q+1. The van der Waals surface area contributed by atoms with Crippen LogP contribution in [0, 0.1) is 0 Å². The Labute approximate surface area is 370 Å². The molecule has 2 aliphatic rings. The van der Waals surface area contributed by atoms with E-state index in [1.54, 1.807) is 0 Å². The number of allylic oxidation sites excluding steroid dienone is 1. The first-order valence-corrected chi connectivity index (χ1v) is 22.6. The highest BCUT2D eigenvalue weighted by Gasteiger charge is 2.40. The monoisotopic (exact) mass is 818 g/mol. The Bertz CT molecular complexity index is 3280. The van der Waals surface area contributed by atoms with Gasteiger partial charge in [0.2, 0.25) is 0 Å². The molecule has 2 aliphatic heterocycles. The molecular formula is C59H52N3O+. The van der Waals surface area contributed by atoms with Gasteiger partial charge in [0.25, 0.3) is 0 Å². The molecule has 0 spiro atoms. The number of aliphatic imine (C=N–C) groups is 1. The molecule has 0 radical (unpaired) electrons. The Balaban J connectivity index is 1.26. The van der Waals surface area contributed by atoms with E-state index in [2.05, 4.69) is 195 Å². The molecular weight excluding hydrogens is 767 g/mol. The van der Waals surface area contributed by atoms with Crippen LogP contribution in [-0.2, 0) is 6.42 Å². The molecule has 9 aromatic rings. The van der Waals surface area contributed by atoms with Crippen LogP contribution in [0.4, 0.5) is 0 Å². The summed E-state index contributed by atoms with van der Waals surface area (Å²) in [5.41, 5.74) is 19.5. The van der Waals surface area contributed by atoms with Gasteiger partial charge in [-0.3, -0.25) is 4.99 Å². The van der Waals surface area contributed by atoms with Crippen molar-refractivity contribution in [3.8, 4) is 39.3 Å². The lowest BCUT2D eigenvalue weighted by atomic mass is 9.78. The topological polar surface area (TPSA) is 34.3 Å². The van der Waals surface area contributed by atoms with Crippen LogP contribution in [0.5, 0.6) is 0 Å². The molecule has 4 heteroatoms. The molecule has 7 aromatic carbocycles. The molecule has 0 fully saturated rings. The second-order valence-corrected chi connectivity index (χ2v) is 18.1. The maximum Gasteiger partial charge on any atom is 0.304 e. The van der Waals surface area contributed by atoms with E-state index in [0.717, 1.165) is 74.2 Å². The van der Waals surface area contributed by atoms with Gasteiger partial charge in [0.1, 0.15) is 22.5 Å². The third-order valence-electron chi connectivity index (χ3n) is 13.7. The average molecular weight is 819 g/mol. The molecule has 4 heterocycles. The Kier molecular flexibility index (Phi) is 9.49. The van der Waals surface area contributed by atoms with E-state index >= 15 is 0 Å². The van der Waals surface area contributed by atoms with Crippen molar-refractivity contribution >= 4 is 44.4 Å². The van der Waals surface area contributed by atoms with Gasteiger partial charge >= 0.3 is 5.82 Å². The third kappa shape index (κ3) is 6.34. The molecule has 4 nitrogen and oxygen atoms in total. The Morgan fingerprint density at radius 1 is 0.698 bits per heavy atom. The summed E-state index contributed by atoms with van der Waals surface area (Å²) in [7, 11) is 0. The number of para-hydroxylation sites is 2. The number of furan rings is 1. The van der Waals surface area contributed by atoms with Crippen molar-refractivity contribution in [2.75, 3.05) is 0 Å². The van der Waals surface area contributed by atoms with E-state index in [1.165, 1.54) is 50.2 Å². The number of rotatable bonds is 6. The van der Waals surface area contributed by atoms with Gasteiger partial charge in [-0.05, 0) is 101 Å². The van der Waals surface area contributed by atoms with Crippen LogP contribution in [0.15, 0.2) is 180 Å². The molecule has 11 rings (SSSR count). The van der Waals surface area contributed by atoms with E-state index in [0.29, 0.717) is 6.42 Å². The van der Waals surface area contributed by atoms with Crippen molar-refractivity contribution in [3.05, 3.63) is 199 Å². The van der Waals surface area contributed by atoms with Gasteiger partial charge in [-0.25, -0.2) is 0 Å². The van der Waals surface area contributed by atoms with Gasteiger partial charge in [0.15, 0.2) is 16.6 Å². The van der Waals surface area contributed by atoms with E-state index in [4.69, 9.17) is 16.0 Å². The molecule has 0 aliphatic carbocycles. The number of aromatic nitrogens is 2. The second kappa shape index (κ2) is 15.4. The predicted octanol–water partition coefficient (Wildman–Crippen LogP) is 15.0. The summed E-state index contributed by atoms with van der Waals surface area (Å²) in [6.07, 6.45) is 4.40. The van der Waals surface area contributed by atoms with E-state index in [9.17, 15) is 0 Å². The normalized spacial score (nSPS) is 16.2. The lowest BCUT2D eigenvalue weighted by molar-refractivity contribution is -0.542. The van der Waals surface area contributed by atoms with E-state index < -0.39 is 0 Å². The molecule has 2 aromatic heterocycles. The van der Waals surface area contributed by atoms with Gasteiger partial charge in [0, 0.05) is 39.8 Å². The van der Waals surface area contributed by atoms with Crippen molar-refractivity contribution in [1.29, 1.82) is 0 Å². The quantitative estimate of drug-likeness (QED) is 0.154. The Morgan fingerprint density at radius 2 is 1.35 bits per heavy atom. The van der Waals surface area contributed by atoms with E-state index in [1.807, 2.05) is 6.08 Å². The highest BCUT2D eigenvalue weighted by molar-refractivity contribution is 6.11. The van der Waals surface area contributed by atoms with Crippen LogP contribution in [0.2, 0.25) is 0 Å². The fourth-order valence-corrected chi connectivity index (χ4v) is 10.6. The minimum absolute atomic E-state index is 0.00152. The Hall–Kier alpha value is -7.04. The highest BCUT2D eigenvalue weighted by Crippen LogP contribution is 2.47. The number of hydrogen-bond acceptors (Lipinski definition) is 2. The molecule has 2 unspecified atom stereocenters. The van der Waals surface area contributed by atoms with Gasteiger partial charge in [-0.1, -0.05) is 156 Å². The zero-order valence-corrected chi connectivity index (χ0v) is 36.6. The first kappa shape index (κ1) is 38.9. The molecule has 0 bridgehead atoms. The third-order valence-corrected chi connectivity index (χ3v) is 13.7. The zero-order chi connectivity index (χ0) is 42.9. The number of nitrogens with zero attached hydrogens (tertiary/aromatic N) is 3. The van der Waals surface area contributed by atoms with Crippen LogP contribution in [0.25, 0.3) is 78.0 Å². The molecule has 308 valence electrons. The fraction of sp³-hybridized carbons (Fsp3) is 0.186. The molecule has 0 amide bonds. The lowest BCUT2D eigenvalue weighted by Crippen LogP contribution is -2.38. The maximum atomic E-state index is 7.30. The summed E-state index contributed by atoms with van der Waals surface area (Å²) >= 11 is 0. The molecule has 63 heavy (non-hydrogen) atoms. The van der Waals surface area contributed by atoms with Crippen LogP contribution in [0.1, 0.15) is 86.1 Å². The summed E-state index contributed by atoms with van der Waals surface area (Å²) in [4.78, 5) is 5.49. The molecule has 2 atom stereocenters. The predicted molar refractivity (Wildman–Crippen MR) is 263 cm³/mol. The van der Waals surface area contributed by atoms with Crippen molar-refractivity contribution < 1.29 is 8.98 Å². The number of hydrogen-bond donors (Lipinski definition) is 0. The first-order chi connectivity index (χ1) is 30.8. The lowest BCUT2D eigenvalue weighted by Gasteiger charge is -2.32. The van der Waals surface area contributed by atoms with Crippen molar-refractivity contribution in [1.82, 2.24) is 4.57 Å². The van der Waals surface area contributed by atoms with Crippen molar-refractivity contribution in [2.45, 2.75) is 70.8 Å². The van der Waals surface area contributed by atoms with Crippen LogP contribution >= 0.6 is 0 Å². The SMILES string of the molecule is C=CC1=NC2CC(=C)[n+]3c(n(-c4c(C(C)C)cc(-c5ccccc5)cc4C(C)C)c4ccccc43)-c3c(ccc4c3oc3cc(-c5ccccc5)ccc34)CCC2c2ccccc21. The molecule has 0 saturated carbocycles. The average Bonchev–Trinajstić information content (AvgIpc) is 3.86. The number of benzene rings is 7. The summed E-state index contributed by atoms with van der Waals surface area (Å²) in [5, 5.41) is 2.23. The van der Waals surface area contributed by atoms with Crippen molar-refractivity contribution in [2.24, 2.45) is 4.99 Å². The zero-order valence-electron chi connectivity index (χ0n) is 36.6. The fourth-order valence-electron chi connectivity index (χ4n) is 10.6. The number of imidazole rings is 1. The summed E-state index contributed by atoms with van der Waals surface area (Å²) < 4.78 is 12.3. The van der Waals surface area contributed by atoms with Crippen LogP contribution in [-0.4, -0.2) is 16.3 Å². The van der Waals surface area contributed by atoms with Gasteiger partial charge in [-0.15, -0.1) is 0 Å². The molecule has 0 N–H and O–H groups in total. The van der Waals surface area contributed by atoms with Gasteiger partial charge < -0.3 is 4.42 Å². The molecule has 0 saturated heterocycles. The minimum Gasteiger partial charge on any atom is -0.455 e. The first-order valence-electron chi connectivity index (χ1n) is 22.6. The number of fused-ring (bicyclic) bond motifs is 12. The number of aryl methyl sites for hydroxylation is 1. The highest BCUT2D eigenvalue weighted by atomic mass is 16.3. The largest absolute Gasteiger partial charge is 0.455 e. The summed E-state index contributed by atoms with van der Waals surface area (Å²) in [6.45, 7) is 18.6. The van der Waals surface area contributed by atoms with E-state index in [-0.39, 0.29) is 23.8 Å². The van der Waals surface area contributed by atoms with Gasteiger partial charge in [0.05, 0.1) is 11.8 Å². The second-order valence-electron chi connectivity index (χ2n) is 18.1. The summed E-state index contributed by atoms with van der Waals surface area (Å²) in [6, 6.07) is 55.4. The van der Waals surface area contributed by atoms with Crippen molar-refractivity contribution in [3.63, 3.8) is 0 Å². The maximum absolute atomic E-state index is 7.30. The summed E-state index contributed by atoms with van der Waals surface area (Å²) in [5.74, 6) is 1.75. The van der Waals surface area contributed by atoms with Crippen LogP contribution in [0.3, 0.4) is 0 Å². The smallest absolute Gasteiger partial charge is 0.304 e. The minimum atomic E-state index is -0.00152. The van der Waals surface area contributed by atoms with Crippen LogP contribution < -0.4 is 4.57 Å². The Morgan fingerprint density at radius 3 is 2.06 bits per heavy atom.